The molecule has 1 amide bonds. The molecule has 114 valence electrons. The molecule has 1 aromatic rings. The summed E-state index contributed by atoms with van der Waals surface area (Å²) in [5, 5.41) is 11.9. The van der Waals surface area contributed by atoms with Gasteiger partial charge in [-0.15, -0.1) is 0 Å². The van der Waals surface area contributed by atoms with Crippen LogP contribution in [0.3, 0.4) is 0 Å². The Balaban J connectivity index is 1.73. The van der Waals surface area contributed by atoms with Gasteiger partial charge in [0.2, 0.25) is 5.91 Å². The van der Waals surface area contributed by atoms with Gasteiger partial charge in [0, 0.05) is 12.5 Å². The maximum absolute atomic E-state index is 11.9. The molecule has 0 heterocycles. The maximum atomic E-state index is 11.9. The summed E-state index contributed by atoms with van der Waals surface area (Å²) >= 11 is 0. The summed E-state index contributed by atoms with van der Waals surface area (Å²) in [6, 6.07) is 8.37. The van der Waals surface area contributed by atoms with Crippen LogP contribution in [0.5, 0.6) is 0 Å². The number of rotatable bonds is 6. The molecular weight excluding hydrogens is 266 g/mol. The van der Waals surface area contributed by atoms with Crippen LogP contribution in [0, 0.1) is 5.92 Å². The summed E-state index contributed by atoms with van der Waals surface area (Å²) in [6.07, 6.45) is 4.21. The fourth-order valence-corrected chi connectivity index (χ4v) is 2.84. The van der Waals surface area contributed by atoms with Gasteiger partial charge in [-0.1, -0.05) is 31.2 Å². The Morgan fingerprint density at radius 3 is 2.43 bits per heavy atom. The van der Waals surface area contributed by atoms with E-state index in [9.17, 15) is 9.59 Å². The van der Waals surface area contributed by atoms with Gasteiger partial charge in [-0.25, -0.2) is 0 Å². The third-order valence-corrected chi connectivity index (χ3v) is 4.22. The van der Waals surface area contributed by atoms with Crippen molar-refractivity contribution in [2.75, 3.05) is 0 Å². The zero-order chi connectivity index (χ0) is 15.2. The topological polar surface area (TPSA) is 66.4 Å². The molecule has 1 aromatic carbocycles. The third-order valence-electron chi connectivity index (χ3n) is 4.22. The maximum Gasteiger partial charge on any atom is 0.306 e. The van der Waals surface area contributed by atoms with Crippen molar-refractivity contribution in [2.24, 2.45) is 5.92 Å². The molecule has 1 aliphatic rings. The first kappa shape index (κ1) is 15.5. The summed E-state index contributed by atoms with van der Waals surface area (Å²) in [7, 11) is 0. The molecule has 2 atom stereocenters. The van der Waals surface area contributed by atoms with E-state index in [-0.39, 0.29) is 17.9 Å². The third kappa shape index (κ3) is 4.59. The highest BCUT2D eigenvalue weighted by atomic mass is 16.4. The molecule has 1 aliphatic carbocycles. The van der Waals surface area contributed by atoms with E-state index < -0.39 is 5.97 Å². The second-order valence-corrected chi connectivity index (χ2v) is 5.78. The zero-order valence-corrected chi connectivity index (χ0v) is 12.5. The fourth-order valence-electron chi connectivity index (χ4n) is 2.84. The molecule has 0 aliphatic heterocycles. The van der Waals surface area contributed by atoms with Gasteiger partial charge in [0.1, 0.15) is 0 Å². The van der Waals surface area contributed by atoms with E-state index in [2.05, 4.69) is 36.5 Å². The molecule has 0 aromatic heterocycles. The highest BCUT2D eigenvalue weighted by molar-refractivity contribution is 5.77. The minimum absolute atomic E-state index is 0.0191. The molecule has 4 nitrogen and oxygen atoms in total. The van der Waals surface area contributed by atoms with E-state index in [1.54, 1.807) is 0 Å². The highest BCUT2D eigenvalue weighted by Crippen LogP contribution is 2.25. The van der Waals surface area contributed by atoms with Gasteiger partial charge in [-0.2, -0.15) is 0 Å². The number of carboxylic acid groups (broad SMARTS) is 1. The minimum atomic E-state index is -0.747. The predicted molar refractivity (Wildman–Crippen MR) is 81.0 cm³/mol. The van der Waals surface area contributed by atoms with E-state index in [0.717, 1.165) is 24.8 Å². The van der Waals surface area contributed by atoms with Gasteiger partial charge < -0.3 is 10.4 Å². The Kier molecular flexibility index (Phi) is 5.37. The molecule has 21 heavy (non-hydrogen) atoms. The Labute approximate surface area is 125 Å². The van der Waals surface area contributed by atoms with Crippen LogP contribution in [-0.4, -0.2) is 23.0 Å². The first-order valence-corrected chi connectivity index (χ1v) is 7.68. The molecule has 0 spiro atoms. The number of amides is 1. The average Bonchev–Trinajstić information content (AvgIpc) is 2.94. The van der Waals surface area contributed by atoms with Crippen molar-refractivity contribution >= 4 is 11.9 Å². The van der Waals surface area contributed by atoms with Gasteiger partial charge in [0.25, 0.3) is 0 Å². The van der Waals surface area contributed by atoms with Gasteiger partial charge in [-0.3, -0.25) is 9.59 Å². The number of carbonyl (C=O) groups excluding carboxylic acids is 1. The summed E-state index contributed by atoms with van der Waals surface area (Å²) in [5.74, 6) is -1.02. The van der Waals surface area contributed by atoms with Crippen molar-refractivity contribution in [1.29, 1.82) is 0 Å². The van der Waals surface area contributed by atoms with Crippen molar-refractivity contribution in [3.8, 4) is 0 Å². The quantitative estimate of drug-likeness (QED) is 0.845. The van der Waals surface area contributed by atoms with E-state index >= 15 is 0 Å². The second kappa shape index (κ2) is 7.25. The first-order valence-electron chi connectivity index (χ1n) is 7.68. The van der Waals surface area contributed by atoms with Crippen LogP contribution in [-0.2, 0) is 22.4 Å². The van der Waals surface area contributed by atoms with Crippen LogP contribution < -0.4 is 5.32 Å². The number of hydrogen-bond donors (Lipinski definition) is 2. The Bertz CT molecular complexity index is 495. The largest absolute Gasteiger partial charge is 0.481 e. The highest BCUT2D eigenvalue weighted by Gasteiger charge is 2.30. The molecule has 0 unspecified atom stereocenters. The lowest BCUT2D eigenvalue weighted by atomic mass is 10.1. The molecular formula is C17H23NO3. The summed E-state index contributed by atoms with van der Waals surface area (Å²) in [6.45, 7) is 2.12. The van der Waals surface area contributed by atoms with Crippen molar-refractivity contribution in [1.82, 2.24) is 5.32 Å². The first-order chi connectivity index (χ1) is 10.1. The molecule has 2 rings (SSSR count). The SMILES string of the molecule is CCc1ccc(CCC(=O)N[C@@H]2CC[C@H](C(=O)O)C2)cc1. The Hall–Kier alpha value is -1.84. The number of hydrogen-bond acceptors (Lipinski definition) is 2. The van der Waals surface area contributed by atoms with Crippen LogP contribution in [0.25, 0.3) is 0 Å². The number of carboxylic acids is 1. The van der Waals surface area contributed by atoms with Crippen LogP contribution >= 0.6 is 0 Å². The van der Waals surface area contributed by atoms with Gasteiger partial charge >= 0.3 is 5.97 Å². The van der Waals surface area contributed by atoms with Crippen molar-refractivity contribution in [3.05, 3.63) is 35.4 Å². The molecule has 1 fully saturated rings. The number of benzene rings is 1. The number of nitrogens with one attached hydrogen (secondary N) is 1. The molecule has 0 radical (unpaired) electrons. The molecule has 0 saturated heterocycles. The van der Waals surface area contributed by atoms with E-state index in [1.807, 2.05) is 0 Å². The van der Waals surface area contributed by atoms with Crippen LogP contribution in [0.15, 0.2) is 24.3 Å². The van der Waals surface area contributed by atoms with Crippen LogP contribution in [0.4, 0.5) is 0 Å². The summed E-state index contributed by atoms with van der Waals surface area (Å²) < 4.78 is 0. The number of aryl methyl sites for hydroxylation is 2. The van der Waals surface area contributed by atoms with Crippen molar-refractivity contribution in [3.63, 3.8) is 0 Å². The predicted octanol–water partition coefficient (Wildman–Crippen LogP) is 2.55. The zero-order valence-electron chi connectivity index (χ0n) is 12.5. The Morgan fingerprint density at radius 1 is 1.19 bits per heavy atom. The number of aliphatic carboxylic acids is 1. The van der Waals surface area contributed by atoms with Crippen LogP contribution in [0.2, 0.25) is 0 Å². The fraction of sp³-hybridized carbons (Fsp3) is 0.529. The minimum Gasteiger partial charge on any atom is -0.481 e. The molecule has 1 saturated carbocycles. The summed E-state index contributed by atoms with van der Waals surface area (Å²) in [4.78, 5) is 22.8. The van der Waals surface area contributed by atoms with E-state index in [4.69, 9.17) is 5.11 Å². The van der Waals surface area contributed by atoms with E-state index in [1.165, 1.54) is 5.56 Å². The smallest absolute Gasteiger partial charge is 0.306 e. The van der Waals surface area contributed by atoms with Gasteiger partial charge in [0.15, 0.2) is 0 Å². The van der Waals surface area contributed by atoms with Crippen molar-refractivity contribution in [2.45, 2.75) is 51.5 Å². The van der Waals surface area contributed by atoms with Crippen molar-refractivity contribution < 1.29 is 14.7 Å². The lowest BCUT2D eigenvalue weighted by Crippen LogP contribution is -2.33. The number of carbonyl (C=O) groups is 2. The monoisotopic (exact) mass is 289 g/mol. The molecule has 2 N–H and O–H groups in total. The molecule has 0 bridgehead atoms. The van der Waals surface area contributed by atoms with Gasteiger partial charge in [0.05, 0.1) is 5.92 Å². The van der Waals surface area contributed by atoms with E-state index in [0.29, 0.717) is 19.3 Å². The summed E-state index contributed by atoms with van der Waals surface area (Å²) in [5.41, 5.74) is 2.46. The standard InChI is InChI=1S/C17H23NO3/c1-2-12-3-5-13(6-4-12)7-10-16(19)18-15-9-8-14(11-15)17(20)21/h3-6,14-15H,2,7-11H2,1H3,(H,18,19)(H,20,21)/t14-,15+/m0/s1. The average molecular weight is 289 g/mol. The lowest BCUT2D eigenvalue weighted by molar-refractivity contribution is -0.141. The second-order valence-electron chi connectivity index (χ2n) is 5.78. The normalized spacial score (nSPS) is 21.2. The van der Waals surface area contributed by atoms with Crippen LogP contribution in [0.1, 0.15) is 43.7 Å². The Morgan fingerprint density at radius 2 is 1.86 bits per heavy atom. The van der Waals surface area contributed by atoms with Gasteiger partial charge in [-0.05, 0) is 43.2 Å². The molecule has 4 heteroatoms. The lowest BCUT2D eigenvalue weighted by Gasteiger charge is -2.12.